The number of hydrogen-bond donors (Lipinski definition) is 0. The highest BCUT2D eigenvalue weighted by molar-refractivity contribution is 9.15. The van der Waals surface area contributed by atoms with Gasteiger partial charge in [0, 0.05) is 19.4 Å². The van der Waals surface area contributed by atoms with E-state index in [2.05, 4.69) is 83.6 Å². The molecule has 0 bridgehead atoms. The lowest BCUT2D eigenvalue weighted by Crippen LogP contribution is -2.28. The molecule has 1 aliphatic rings. The van der Waals surface area contributed by atoms with Gasteiger partial charge in [0.15, 0.2) is 0 Å². The van der Waals surface area contributed by atoms with Gasteiger partial charge in [0.05, 0.1) is 4.32 Å². The summed E-state index contributed by atoms with van der Waals surface area (Å²) in [5.41, 5.74) is 0. The van der Waals surface area contributed by atoms with Crippen LogP contribution in [0.1, 0.15) is 13.8 Å². The molecule has 0 unspecified atom stereocenters. The van der Waals surface area contributed by atoms with Crippen LogP contribution in [0.25, 0.3) is 0 Å². The average molecular weight is 424 g/mol. The van der Waals surface area contributed by atoms with E-state index >= 15 is 0 Å². The molecule has 0 heterocycles. The third kappa shape index (κ3) is 1.91. The van der Waals surface area contributed by atoms with Crippen LogP contribution in [0.4, 0.5) is 0 Å². The third-order valence-electron chi connectivity index (χ3n) is 2.14. The van der Waals surface area contributed by atoms with Gasteiger partial charge in [0.2, 0.25) is 0 Å². The molecule has 0 aromatic carbocycles. The maximum absolute atomic E-state index is 3.69. The van der Waals surface area contributed by atoms with Crippen LogP contribution in [-0.4, -0.2) is 4.32 Å². The Bertz CT molecular complexity index is 262. The van der Waals surface area contributed by atoms with Crippen molar-refractivity contribution < 1.29 is 0 Å². The topological polar surface area (TPSA) is 0 Å². The van der Waals surface area contributed by atoms with Gasteiger partial charge >= 0.3 is 0 Å². The van der Waals surface area contributed by atoms with Crippen molar-refractivity contribution in [1.29, 1.82) is 0 Å². The van der Waals surface area contributed by atoms with Gasteiger partial charge < -0.3 is 0 Å². The molecule has 0 saturated carbocycles. The molecule has 0 spiro atoms. The summed E-state index contributed by atoms with van der Waals surface area (Å²) in [5.74, 6) is 0.422. The summed E-state index contributed by atoms with van der Waals surface area (Å²) in [4.78, 5) is 0. The molecule has 0 aromatic rings. The Labute approximate surface area is 106 Å². The third-order valence-corrected chi connectivity index (χ3v) is 7.14. The molecule has 0 radical (unpaired) electrons. The fraction of sp³-hybridized carbons (Fsp3) is 0.500. The zero-order valence-corrected chi connectivity index (χ0v) is 13.0. The molecule has 0 fully saturated rings. The number of allylic oxidation sites excluding steroid dienone is 4. The van der Waals surface area contributed by atoms with Crippen molar-refractivity contribution in [1.82, 2.24) is 0 Å². The first-order valence-electron chi connectivity index (χ1n) is 3.49. The zero-order valence-electron chi connectivity index (χ0n) is 6.67. The lowest BCUT2D eigenvalue weighted by atomic mass is 9.91. The van der Waals surface area contributed by atoms with Gasteiger partial charge in [0.1, 0.15) is 0 Å². The van der Waals surface area contributed by atoms with Crippen LogP contribution in [0.5, 0.6) is 0 Å². The molecule has 2 atom stereocenters. The number of alkyl halides is 1. The van der Waals surface area contributed by atoms with Crippen LogP contribution < -0.4 is 0 Å². The number of rotatable bonds is 0. The predicted molar refractivity (Wildman–Crippen MR) is 68.4 cm³/mol. The molecule has 0 aliphatic heterocycles. The van der Waals surface area contributed by atoms with Gasteiger partial charge in [-0.1, -0.05) is 54.7 Å². The van der Waals surface area contributed by atoms with Gasteiger partial charge in [-0.15, -0.1) is 0 Å². The van der Waals surface area contributed by atoms with Crippen LogP contribution in [0.15, 0.2) is 19.5 Å². The summed E-state index contributed by atoms with van der Waals surface area (Å²) in [7, 11) is 0. The molecule has 0 saturated heterocycles. The van der Waals surface area contributed by atoms with E-state index in [9.17, 15) is 0 Å². The minimum atomic E-state index is 0.00308. The smallest absolute Gasteiger partial charge is 0.0614 e. The summed E-state index contributed by atoms with van der Waals surface area (Å²) in [6.07, 6.45) is 2.07. The summed E-state index contributed by atoms with van der Waals surface area (Å²) < 4.78 is 3.48. The fourth-order valence-electron chi connectivity index (χ4n) is 0.973. The fourth-order valence-corrected chi connectivity index (χ4v) is 3.65. The van der Waals surface area contributed by atoms with E-state index < -0.39 is 0 Å². The second kappa shape index (κ2) is 3.87. The van der Waals surface area contributed by atoms with E-state index in [4.69, 9.17) is 0 Å². The maximum Gasteiger partial charge on any atom is 0.0614 e. The van der Waals surface area contributed by atoms with Crippen LogP contribution >= 0.6 is 63.7 Å². The highest BCUT2D eigenvalue weighted by atomic mass is 79.9. The normalized spacial score (nSPS) is 36.8. The van der Waals surface area contributed by atoms with E-state index in [1.807, 2.05) is 0 Å². The quantitative estimate of drug-likeness (QED) is 0.477. The van der Waals surface area contributed by atoms with Gasteiger partial charge in [0.25, 0.3) is 0 Å². The monoisotopic (exact) mass is 420 g/mol. The van der Waals surface area contributed by atoms with Crippen molar-refractivity contribution in [3.05, 3.63) is 19.5 Å². The minimum Gasteiger partial charge on any atom is -0.0792 e. The SMILES string of the molecule is C[C@@H]1C(Br)=C(Br)C=C(Br)[C@@]1(C)Br. The maximum atomic E-state index is 3.69. The van der Waals surface area contributed by atoms with E-state index in [-0.39, 0.29) is 4.32 Å². The largest absolute Gasteiger partial charge is 0.0792 e. The van der Waals surface area contributed by atoms with Crippen molar-refractivity contribution in [3.63, 3.8) is 0 Å². The molecule has 0 nitrogen and oxygen atoms in total. The Morgan fingerprint density at radius 2 is 1.83 bits per heavy atom. The van der Waals surface area contributed by atoms with Crippen molar-refractivity contribution >= 4 is 63.7 Å². The second-order valence-electron chi connectivity index (χ2n) is 2.99. The summed E-state index contributed by atoms with van der Waals surface area (Å²) in [6, 6.07) is 0. The average Bonchev–Trinajstić information content (AvgIpc) is 1.99. The highest BCUT2D eigenvalue weighted by Crippen LogP contribution is 2.49. The molecule has 0 N–H and O–H groups in total. The van der Waals surface area contributed by atoms with Gasteiger partial charge in [-0.05, 0) is 28.9 Å². The Balaban J connectivity index is 3.16. The summed E-state index contributed by atoms with van der Waals surface area (Å²) >= 11 is 14.3. The predicted octanol–water partition coefficient (Wildman–Crippen LogP) is 5.07. The Hall–Kier alpha value is 1.40. The van der Waals surface area contributed by atoms with Gasteiger partial charge in [-0.25, -0.2) is 0 Å². The number of halogens is 4. The Kier molecular flexibility index (Phi) is 3.70. The molecular formula is C8H8Br4. The second-order valence-corrected chi connectivity index (χ2v) is 7.20. The first-order valence-corrected chi connectivity index (χ1v) is 6.66. The first kappa shape index (κ1) is 11.5. The van der Waals surface area contributed by atoms with Crippen molar-refractivity contribution in [2.75, 3.05) is 0 Å². The highest BCUT2D eigenvalue weighted by Gasteiger charge is 2.36. The Morgan fingerprint density at radius 3 is 2.33 bits per heavy atom. The zero-order chi connectivity index (χ0) is 9.52. The van der Waals surface area contributed by atoms with Gasteiger partial charge in [-0.3, -0.25) is 0 Å². The molecular weight excluding hydrogens is 416 g/mol. The lowest BCUT2D eigenvalue weighted by Gasteiger charge is -2.33. The molecule has 1 rings (SSSR count). The van der Waals surface area contributed by atoms with E-state index in [1.165, 1.54) is 4.48 Å². The van der Waals surface area contributed by atoms with E-state index in [0.29, 0.717) is 5.92 Å². The first-order chi connectivity index (χ1) is 5.37. The van der Waals surface area contributed by atoms with Crippen LogP contribution in [0.3, 0.4) is 0 Å². The molecule has 68 valence electrons. The molecule has 1 aliphatic carbocycles. The van der Waals surface area contributed by atoms with Crippen molar-refractivity contribution in [3.8, 4) is 0 Å². The number of hydrogen-bond acceptors (Lipinski definition) is 0. The Morgan fingerprint density at radius 1 is 1.33 bits per heavy atom. The lowest BCUT2D eigenvalue weighted by molar-refractivity contribution is 0.599. The molecule has 0 amide bonds. The van der Waals surface area contributed by atoms with Crippen molar-refractivity contribution in [2.24, 2.45) is 5.92 Å². The standard InChI is InChI=1S/C8H8Br4/c1-4-7(11)5(9)3-6(10)8(4,2)12/h3-4H,1-2H3/t4-,8+/m1/s1. The molecule has 4 heteroatoms. The van der Waals surface area contributed by atoms with Crippen LogP contribution in [0, 0.1) is 5.92 Å². The molecule has 0 aromatic heterocycles. The molecule has 12 heavy (non-hydrogen) atoms. The van der Waals surface area contributed by atoms with E-state index in [0.717, 1.165) is 8.96 Å². The summed E-state index contributed by atoms with van der Waals surface area (Å²) in [6.45, 7) is 4.33. The van der Waals surface area contributed by atoms with Crippen molar-refractivity contribution in [2.45, 2.75) is 18.2 Å². The summed E-state index contributed by atoms with van der Waals surface area (Å²) in [5, 5.41) is 0. The van der Waals surface area contributed by atoms with Gasteiger partial charge in [-0.2, -0.15) is 0 Å². The van der Waals surface area contributed by atoms with Crippen LogP contribution in [-0.2, 0) is 0 Å². The van der Waals surface area contributed by atoms with E-state index in [1.54, 1.807) is 0 Å². The minimum absolute atomic E-state index is 0.00308. The van der Waals surface area contributed by atoms with Crippen LogP contribution in [0.2, 0.25) is 0 Å².